The van der Waals surface area contributed by atoms with Gasteiger partial charge in [-0.1, -0.05) is 0 Å². The molecule has 1 aromatic carbocycles. The summed E-state index contributed by atoms with van der Waals surface area (Å²) in [6.07, 6.45) is 0. The van der Waals surface area contributed by atoms with Gasteiger partial charge in [0.15, 0.2) is 11.5 Å². The fourth-order valence-corrected chi connectivity index (χ4v) is 5.11. The lowest BCUT2D eigenvalue weighted by Crippen LogP contribution is -2.52. The van der Waals surface area contributed by atoms with Crippen LogP contribution in [0.3, 0.4) is 0 Å². The molecule has 11 heteroatoms. The molecule has 0 unspecified atom stereocenters. The van der Waals surface area contributed by atoms with Crippen molar-refractivity contribution >= 4 is 21.8 Å². The predicted molar refractivity (Wildman–Crippen MR) is 118 cm³/mol. The molecule has 1 fully saturated rings. The van der Waals surface area contributed by atoms with Crippen molar-refractivity contribution in [1.29, 1.82) is 0 Å². The maximum atomic E-state index is 13.1. The van der Waals surface area contributed by atoms with Gasteiger partial charge in [-0.05, 0) is 32.9 Å². The Balaban J connectivity index is 1.55. The van der Waals surface area contributed by atoms with Gasteiger partial charge in [-0.2, -0.15) is 4.31 Å². The quantitative estimate of drug-likeness (QED) is 0.578. The van der Waals surface area contributed by atoms with Crippen LogP contribution in [-0.2, 0) is 19.6 Å². The van der Waals surface area contributed by atoms with E-state index in [1.165, 1.54) is 21.3 Å². The van der Waals surface area contributed by atoms with Crippen molar-refractivity contribution in [1.82, 2.24) is 19.4 Å². The fraction of sp³-hybridized carbons (Fsp3) is 0.619. The Kier molecular flexibility index (Phi) is 7.96. The average Bonchev–Trinajstić information content (AvgIpc) is 2.77. The maximum Gasteiger partial charge on any atom is 0.243 e. The molecule has 32 heavy (non-hydrogen) atoms. The third-order valence-electron chi connectivity index (χ3n) is 5.36. The van der Waals surface area contributed by atoms with Crippen LogP contribution in [0.5, 0.6) is 11.5 Å². The van der Waals surface area contributed by atoms with Gasteiger partial charge in [-0.15, -0.1) is 0 Å². The summed E-state index contributed by atoms with van der Waals surface area (Å²) in [7, 11) is -3.67. The van der Waals surface area contributed by atoms with Crippen molar-refractivity contribution < 1.29 is 27.5 Å². The first kappa shape index (κ1) is 24.3. The number of hydrogen-bond donors (Lipinski definition) is 1. The summed E-state index contributed by atoms with van der Waals surface area (Å²) in [5.74, 6) is 0.642. The van der Waals surface area contributed by atoms with Gasteiger partial charge in [0.05, 0.1) is 18.0 Å². The molecule has 2 aliphatic rings. The molecular weight excluding hydrogens is 436 g/mol. The van der Waals surface area contributed by atoms with E-state index in [0.717, 1.165) is 0 Å². The number of nitrogens with zero attached hydrogens (tertiary/aromatic N) is 3. The van der Waals surface area contributed by atoms with E-state index in [9.17, 15) is 18.0 Å². The molecule has 3 rings (SSSR count). The minimum atomic E-state index is -3.67. The molecule has 0 aromatic heterocycles. The first-order valence-corrected chi connectivity index (χ1v) is 12.3. The van der Waals surface area contributed by atoms with E-state index < -0.39 is 10.0 Å². The molecule has 0 aliphatic carbocycles. The van der Waals surface area contributed by atoms with E-state index in [1.54, 1.807) is 6.07 Å². The lowest BCUT2D eigenvalue weighted by molar-refractivity contribution is -0.137. The van der Waals surface area contributed by atoms with Crippen molar-refractivity contribution in [3.05, 3.63) is 18.2 Å². The summed E-state index contributed by atoms with van der Waals surface area (Å²) in [6.45, 7) is 8.44. The molecule has 2 heterocycles. The normalized spacial score (nSPS) is 17.2. The molecule has 178 valence electrons. The topological polar surface area (TPSA) is 108 Å². The molecule has 10 nitrogen and oxygen atoms in total. The fourth-order valence-electron chi connectivity index (χ4n) is 3.67. The van der Waals surface area contributed by atoms with Gasteiger partial charge in [-0.25, -0.2) is 8.42 Å². The molecule has 0 atom stereocenters. The van der Waals surface area contributed by atoms with Gasteiger partial charge in [0.25, 0.3) is 0 Å². The molecule has 0 bridgehead atoms. The molecule has 0 saturated carbocycles. The largest absolute Gasteiger partial charge is 0.486 e. The van der Waals surface area contributed by atoms with Crippen LogP contribution in [0.25, 0.3) is 0 Å². The van der Waals surface area contributed by atoms with E-state index in [-0.39, 0.29) is 48.9 Å². The van der Waals surface area contributed by atoms with Crippen LogP contribution < -0.4 is 14.8 Å². The highest BCUT2D eigenvalue weighted by Crippen LogP contribution is 2.33. The van der Waals surface area contributed by atoms with Crippen LogP contribution in [-0.4, -0.2) is 99.4 Å². The number of sulfonamides is 1. The zero-order valence-corrected chi connectivity index (χ0v) is 19.7. The monoisotopic (exact) mass is 468 g/mol. The van der Waals surface area contributed by atoms with Gasteiger partial charge in [0.2, 0.25) is 21.8 Å². The molecule has 1 N–H and O–H groups in total. The third kappa shape index (κ3) is 5.90. The van der Waals surface area contributed by atoms with Gasteiger partial charge >= 0.3 is 0 Å². The first-order valence-electron chi connectivity index (χ1n) is 10.9. The number of amides is 2. The minimum absolute atomic E-state index is 0.0144. The number of fused-ring (bicyclic) bond motifs is 1. The summed E-state index contributed by atoms with van der Waals surface area (Å²) in [6, 6.07) is 4.66. The van der Waals surface area contributed by atoms with E-state index in [2.05, 4.69) is 5.32 Å². The second-order valence-electron chi connectivity index (χ2n) is 8.12. The zero-order valence-electron chi connectivity index (χ0n) is 18.9. The van der Waals surface area contributed by atoms with Crippen molar-refractivity contribution in [2.75, 3.05) is 59.0 Å². The number of rotatable bonds is 8. The van der Waals surface area contributed by atoms with Crippen molar-refractivity contribution in [3.63, 3.8) is 0 Å². The summed E-state index contributed by atoms with van der Waals surface area (Å²) in [5.41, 5.74) is 0. The Bertz CT molecular complexity index is 928. The van der Waals surface area contributed by atoms with Crippen LogP contribution >= 0.6 is 0 Å². The number of hydrogen-bond acceptors (Lipinski definition) is 7. The highest BCUT2D eigenvalue weighted by molar-refractivity contribution is 7.89. The van der Waals surface area contributed by atoms with Crippen molar-refractivity contribution in [3.8, 4) is 11.5 Å². The Morgan fingerprint density at radius 1 is 1.09 bits per heavy atom. The number of carbonyl (C=O) groups is 2. The molecule has 2 amide bonds. The van der Waals surface area contributed by atoms with Crippen LogP contribution in [0.2, 0.25) is 0 Å². The van der Waals surface area contributed by atoms with Gasteiger partial charge < -0.3 is 19.7 Å². The number of benzene rings is 1. The highest BCUT2D eigenvalue weighted by atomic mass is 32.2. The Hall–Kier alpha value is -2.37. The van der Waals surface area contributed by atoms with Crippen LogP contribution in [0.1, 0.15) is 20.8 Å². The minimum Gasteiger partial charge on any atom is -0.486 e. The first-order chi connectivity index (χ1) is 15.2. The highest BCUT2D eigenvalue weighted by Gasteiger charge is 2.31. The Morgan fingerprint density at radius 3 is 2.38 bits per heavy atom. The predicted octanol–water partition coefficient (Wildman–Crippen LogP) is 0.137. The number of ether oxygens (including phenoxy) is 2. The Labute approximate surface area is 189 Å². The van der Waals surface area contributed by atoms with Crippen LogP contribution in [0.15, 0.2) is 23.1 Å². The van der Waals surface area contributed by atoms with Gasteiger partial charge in [-0.3, -0.25) is 14.5 Å². The van der Waals surface area contributed by atoms with Crippen molar-refractivity contribution in [2.24, 2.45) is 0 Å². The average molecular weight is 469 g/mol. The lowest BCUT2D eigenvalue weighted by atomic mass is 10.3. The summed E-state index contributed by atoms with van der Waals surface area (Å²) in [5, 5.41) is 2.79. The lowest BCUT2D eigenvalue weighted by Gasteiger charge is -2.34. The van der Waals surface area contributed by atoms with Crippen molar-refractivity contribution in [2.45, 2.75) is 31.7 Å². The van der Waals surface area contributed by atoms with E-state index in [4.69, 9.17) is 9.47 Å². The molecule has 0 radical (unpaired) electrons. The molecule has 2 aliphatic heterocycles. The summed E-state index contributed by atoms with van der Waals surface area (Å²) >= 11 is 0. The summed E-state index contributed by atoms with van der Waals surface area (Å²) < 4.78 is 38.5. The maximum absolute atomic E-state index is 13.1. The van der Waals surface area contributed by atoms with E-state index >= 15 is 0 Å². The molecular formula is C21H32N4O6S. The number of likely N-dealkylation sites (N-methyl/N-ethyl adjacent to an activating group) is 1. The molecule has 1 aromatic rings. The molecule has 1 saturated heterocycles. The number of piperazine rings is 1. The van der Waals surface area contributed by atoms with Gasteiger partial charge in [0.1, 0.15) is 13.2 Å². The standard InChI is InChI=1S/C21H32N4O6S/c1-4-24(14-20(26)22-16(2)3)21(27)15-23-7-9-25(10-8-23)32(28,29)17-5-6-18-19(13-17)31-12-11-30-18/h5-6,13,16H,4,7-12,14-15H2,1-3H3,(H,22,26). The van der Waals surface area contributed by atoms with E-state index in [1.807, 2.05) is 25.7 Å². The smallest absolute Gasteiger partial charge is 0.243 e. The molecule has 0 spiro atoms. The number of carbonyl (C=O) groups excluding carboxylic acids is 2. The SMILES string of the molecule is CCN(CC(=O)NC(C)C)C(=O)CN1CCN(S(=O)(=O)c2ccc3c(c2)OCCO3)CC1. The van der Waals surface area contributed by atoms with Crippen LogP contribution in [0.4, 0.5) is 0 Å². The second-order valence-corrected chi connectivity index (χ2v) is 10.1. The van der Waals surface area contributed by atoms with E-state index in [0.29, 0.717) is 44.3 Å². The third-order valence-corrected chi connectivity index (χ3v) is 7.25. The number of nitrogens with one attached hydrogen (secondary N) is 1. The van der Waals surface area contributed by atoms with Gasteiger partial charge in [0, 0.05) is 44.8 Å². The zero-order chi connectivity index (χ0) is 23.3. The Morgan fingerprint density at radius 2 is 1.75 bits per heavy atom. The van der Waals surface area contributed by atoms with Crippen LogP contribution in [0, 0.1) is 0 Å². The second kappa shape index (κ2) is 10.5. The summed E-state index contributed by atoms with van der Waals surface area (Å²) in [4.78, 5) is 28.2.